The van der Waals surface area contributed by atoms with Crippen LogP contribution in [0.4, 0.5) is 0 Å². The zero-order valence-electron chi connectivity index (χ0n) is 17.1. The smallest absolute Gasteiger partial charge is 0.337 e. The number of nitrogens with one attached hydrogen (secondary N) is 1. The van der Waals surface area contributed by atoms with Crippen molar-refractivity contribution in [1.29, 1.82) is 0 Å². The van der Waals surface area contributed by atoms with Gasteiger partial charge in [0.2, 0.25) is 0 Å². The maximum Gasteiger partial charge on any atom is 0.337 e. The molecule has 1 aliphatic heterocycles. The fourth-order valence-corrected chi connectivity index (χ4v) is 4.08. The number of ether oxygens (including phenoxy) is 1. The van der Waals surface area contributed by atoms with Crippen LogP contribution in [-0.4, -0.2) is 17.9 Å². The van der Waals surface area contributed by atoms with E-state index in [4.69, 9.17) is 4.74 Å². The van der Waals surface area contributed by atoms with E-state index in [9.17, 15) is 9.59 Å². The normalized spacial score (nSPS) is 21.9. The zero-order chi connectivity index (χ0) is 19.9. The van der Waals surface area contributed by atoms with Gasteiger partial charge in [0.25, 0.3) is 0 Å². The largest absolute Gasteiger partial charge is 0.460 e. The van der Waals surface area contributed by atoms with E-state index >= 15 is 0 Å². The van der Waals surface area contributed by atoms with Crippen molar-refractivity contribution in [2.75, 3.05) is 0 Å². The Balaban J connectivity index is 2.15. The zero-order valence-corrected chi connectivity index (χ0v) is 17.1. The molecule has 0 aromatic heterocycles. The van der Waals surface area contributed by atoms with E-state index < -0.39 is 0 Å². The van der Waals surface area contributed by atoms with Crippen LogP contribution in [0.5, 0.6) is 0 Å². The summed E-state index contributed by atoms with van der Waals surface area (Å²) in [6, 6.07) is 8.07. The van der Waals surface area contributed by atoms with Crippen LogP contribution in [-0.2, 0) is 14.3 Å². The first kappa shape index (κ1) is 19.4. The van der Waals surface area contributed by atoms with Gasteiger partial charge in [-0.15, -0.1) is 0 Å². The van der Waals surface area contributed by atoms with Gasteiger partial charge in [0.15, 0.2) is 5.78 Å². The Morgan fingerprint density at radius 1 is 1.15 bits per heavy atom. The van der Waals surface area contributed by atoms with Crippen molar-refractivity contribution >= 4 is 11.8 Å². The Morgan fingerprint density at radius 3 is 2.37 bits per heavy atom. The van der Waals surface area contributed by atoms with Crippen LogP contribution in [0.3, 0.4) is 0 Å². The Morgan fingerprint density at radius 2 is 1.78 bits per heavy atom. The molecule has 3 rings (SSSR count). The monoisotopic (exact) mass is 367 g/mol. The number of esters is 1. The second-order valence-corrected chi connectivity index (χ2v) is 8.79. The Labute approximate surface area is 161 Å². The maximum atomic E-state index is 13.1. The van der Waals surface area contributed by atoms with Crippen molar-refractivity contribution in [3.8, 4) is 0 Å². The highest BCUT2D eigenvalue weighted by atomic mass is 16.5. The number of ketones is 1. The van der Waals surface area contributed by atoms with Gasteiger partial charge in [-0.25, -0.2) is 4.79 Å². The van der Waals surface area contributed by atoms with Crippen LogP contribution in [0.2, 0.25) is 0 Å². The number of dihydropyridines is 1. The van der Waals surface area contributed by atoms with Crippen molar-refractivity contribution in [3.63, 3.8) is 0 Å². The Hall–Kier alpha value is -2.36. The number of carbonyl (C=O) groups excluding carboxylic acids is 2. The van der Waals surface area contributed by atoms with Gasteiger partial charge in [-0.1, -0.05) is 43.7 Å². The lowest BCUT2D eigenvalue weighted by atomic mass is 9.68. The number of carbonyl (C=O) groups is 2. The van der Waals surface area contributed by atoms with E-state index in [1.54, 1.807) is 0 Å². The molecular weight excluding hydrogens is 338 g/mol. The predicted octanol–water partition coefficient (Wildman–Crippen LogP) is 4.55. The van der Waals surface area contributed by atoms with Crippen molar-refractivity contribution in [2.24, 2.45) is 5.41 Å². The fourth-order valence-electron chi connectivity index (χ4n) is 4.08. The van der Waals surface area contributed by atoms with Gasteiger partial charge in [0.05, 0.1) is 11.7 Å². The molecule has 1 aromatic rings. The molecule has 1 atom stereocenters. The SMILES string of the molecule is CC1=C(C(=O)OC(C)C)C(c2ccc(C)cc2)C2=C(CC(C)(C)CC2=O)N1. The highest BCUT2D eigenvalue weighted by molar-refractivity contribution is 6.04. The summed E-state index contributed by atoms with van der Waals surface area (Å²) in [6.45, 7) is 11.8. The minimum atomic E-state index is -0.378. The number of aryl methyl sites for hydroxylation is 1. The first-order valence-electron chi connectivity index (χ1n) is 9.60. The molecule has 0 radical (unpaired) electrons. The number of hydrogen-bond acceptors (Lipinski definition) is 4. The molecule has 1 unspecified atom stereocenters. The average Bonchev–Trinajstić information content (AvgIpc) is 2.52. The van der Waals surface area contributed by atoms with Gasteiger partial charge < -0.3 is 10.1 Å². The number of Topliss-reactive ketones (excluding diaryl/α,β-unsaturated/α-hetero) is 1. The first-order chi connectivity index (χ1) is 12.6. The molecule has 0 spiro atoms. The lowest BCUT2D eigenvalue weighted by Crippen LogP contribution is -2.39. The van der Waals surface area contributed by atoms with Gasteiger partial charge in [0, 0.05) is 29.3 Å². The summed E-state index contributed by atoms with van der Waals surface area (Å²) in [7, 11) is 0. The molecule has 2 aliphatic rings. The predicted molar refractivity (Wildman–Crippen MR) is 106 cm³/mol. The summed E-state index contributed by atoms with van der Waals surface area (Å²) in [5, 5.41) is 3.36. The lowest BCUT2D eigenvalue weighted by Gasteiger charge is -2.39. The van der Waals surface area contributed by atoms with Gasteiger partial charge >= 0.3 is 5.97 Å². The molecule has 1 aromatic carbocycles. The number of benzene rings is 1. The van der Waals surface area contributed by atoms with E-state index in [0.29, 0.717) is 12.0 Å². The van der Waals surface area contributed by atoms with Gasteiger partial charge in [0.1, 0.15) is 0 Å². The third kappa shape index (κ3) is 3.85. The molecule has 144 valence electrons. The second kappa shape index (κ2) is 6.99. The number of rotatable bonds is 3. The van der Waals surface area contributed by atoms with Crippen LogP contribution >= 0.6 is 0 Å². The summed E-state index contributed by atoms with van der Waals surface area (Å²) in [4.78, 5) is 26.0. The standard InChI is InChI=1S/C23H29NO3/c1-13(2)27-22(26)19-15(4)24-17-11-23(5,6)12-18(25)21(17)20(19)16-9-7-14(3)8-10-16/h7-10,13,20,24H,11-12H2,1-6H3. The fraction of sp³-hybridized carbons (Fsp3) is 0.478. The Kier molecular flexibility index (Phi) is 5.02. The molecule has 4 heteroatoms. The molecule has 0 amide bonds. The van der Waals surface area contributed by atoms with Crippen molar-refractivity contribution in [2.45, 2.75) is 66.4 Å². The van der Waals surface area contributed by atoms with Crippen LogP contribution in [0.25, 0.3) is 0 Å². The highest BCUT2D eigenvalue weighted by Gasteiger charge is 2.43. The second-order valence-electron chi connectivity index (χ2n) is 8.79. The summed E-state index contributed by atoms with van der Waals surface area (Å²) in [5.74, 6) is -0.622. The molecule has 0 saturated heterocycles. The molecule has 0 fully saturated rings. The highest BCUT2D eigenvalue weighted by Crippen LogP contribution is 2.46. The molecule has 1 heterocycles. The summed E-state index contributed by atoms with van der Waals surface area (Å²) in [5.41, 5.74) is 4.99. The third-order valence-corrected chi connectivity index (χ3v) is 5.21. The molecule has 1 N–H and O–H groups in total. The van der Waals surface area contributed by atoms with E-state index in [-0.39, 0.29) is 29.2 Å². The number of hydrogen-bond donors (Lipinski definition) is 1. The molecule has 1 aliphatic carbocycles. The van der Waals surface area contributed by atoms with Crippen LogP contribution in [0.1, 0.15) is 64.5 Å². The minimum Gasteiger partial charge on any atom is -0.460 e. The topological polar surface area (TPSA) is 55.4 Å². The minimum absolute atomic E-state index is 0.0863. The first-order valence-corrected chi connectivity index (χ1v) is 9.60. The summed E-state index contributed by atoms with van der Waals surface area (Å²) < 4.78 is 5.52. The van der Waals surface area contributed by atoms with Crippen molar-refractivity contribution in [1.82, 2.24) is 5.32 Å². The van der Waals surface area contributed by atoms with E-state index in [0.717, 1.165) is 34.5 Å². The molecule has 4 nitrogen and oxygen atoms in total. The number of allylic oxidation sites excluding steroid dienone is 3. The molecule has 27 heavy (non-hydrogen) atoms. The van der Waals surface area contributed by atoms with Gasteiger partial charge in [-0.2, -0.15) is 0 Å². The van der Waals surface area contributed by atoms with Crippen LogP contribution in [0, 0.1) is 12.3 Å². The van der Waals surface area contributed by atoms with Crippen LogP contribution in [0.15, 0.2) is 46.8 Å². The van der Waals surface area contributed by atoms with E-state index in [2.05, 4.69) is 19.2 Å². The van der Waals surface area contributed by atoms with Gasteiger partial charge in [-0.05, 0) is 45.1 Å². The molecule has 0 bridgehead atoms. The average molecular weight is 367 g/mol. The van der Waals surface area contributed by atoms with Crippen molar-refractivity contribution < 1.29 is 14.3 Å². The lowest BCUT2D eigenvalue weighted by molar-refractivity contribution is -0.143. The summed E-state index contributed by atoms with van der Waals surface area (Å²) in [6.07, 6.45) is 1.06. The molecular formula is C23H29NO3. The van der Waals surface area contributed by atoms with E-state index in [1.807, 2.05) is 52.0 Å². The van der Waals surface area contributed by atoms with Crippen molar-refractivity contribution in [3.05, 3.63) is 57.9 Å². The molecule has 0 saturated carbocycles. The maximum absolute atomic E-state index is 13.1. The quantitative estimate of drug-likeness (QED) is 0.796. The third-order valence-electron chi connectivity index (χ3n) is 5.21. The Bertz CT molecular complexity index is 841. The van der Waals surface area contributed by atoms with Gasteiger partial charge in [-0.3, -0.25) is 4.79 Å². The summed E-state index contributed by atoms with van der Waals surface area (Å²) >= 11 is 0. The van der Waals surface area contributed by atoms with E-state index in [1.165, 1.54) is 0 Å². The van der Waals surface area contributed by atoms with Crippen LogP contribution < -0.4 is 5.32 Å².